The predicted octanol–water partition coefficient (Wildman–Crippen LogP) is 1.55. The second kappa shape index (κ2) is 11.9. The Morgan fingerprint density at radius 2 is 1.73 bits per heavy atom. The fraction of sp³-hybridized carbons (Fsp3) is 0.400. The number of sulfone groups is 1. The first kappa shape index (κ1) is 26.8. The lowest BCUT2D eigenvalue weighted by molar-refractivity contribution is -0.128. The summed E-state index contributed by atoms with van der Waals surface area (Å²) in [6, 6.07) is 15.4. The Morgan fingerprint density at radius 1 is 1.00 bits per heavy atom. The molecule has 1 aromatic heterocycles. The number of rotatable bonds is 9. The highest BCUT2D eigenvalue weighted by molar-refractivity contribution is 7.92. The van der Waals surface area contributed by atoms with Gasteiger partial charge < -0.3 is 23.8 Å². The Balaban J connectivity index is 1.42. The van der Waals surface area contributed by atoms with Crippen LogP contribution in [-0.4, -0.2) is 88.2 Å². The molecule has 2 heterocycles. The van der Waals surface area contributed by atoms with Gasteiger partial charge in [0, 0.05) is 45.5 Å². The van der Waals surface area contributed by atoms with Gasteiger partial charge in [0.1, 0.15) is 17.3 Å². The molecule has 4 rings (SSSR count). The molecule has 3 aromatic rings. The molecule has 0 spiro atoms. The molecular formula is C25H30N4O6S2. The van der Waals surface area contributed by atoms with Gasteiger partial charge >= 0.3 is 0 Å². The zero-order valence-electron chi connectivity index (χ0n) is 20.8. The van der Waals surface area contributed by atoms with Crippen molar-refractivity contribution in [1.29, 1.82) is 0 Å². The van der Waals surface area contributed by atoms with Crippen LogP contribution in [0.15, 0.2) is 53.5 Å². The molecule has 0 aliphatic carbocycles. The summed E-state index contributed by atoms with van der Waals surface area (Å²) in [7, 11) is -0.841. The number of anilines is 1. The van der Waals surface area contributed by atoms with E-state index in [0.717, 1.165) is 15.9 Å². The first-order chi connectivity index (χ1) is 17.8. The molecule has 0 N–H and O–H groups in total. The third-order valence-corrected chi connectivity index (χ3v) is 8.48. The molecule has 37 heavy (non-hydrogen) atoms. The lowest BCUT2D eigenvalue weighted by atomic mass is 10.2. The maximum absolute atomic E-state index is 12.7. The van der Waals surface area contributed by atoms with E-state index in [1.807, 2.05) is 47.0 Å². The number of amides is 2. The minimum atomic E-state index is -3.98. The van der Waals surface area contributed by atoms with Gasteiger partial charge in [0.25, 0.3) is 5.91 Å². The van der Waals surface area contributed by atoms with Crippen molar-refractivity contribution in [2.75, 3.05) is 63.4 Å². The van der Waals surface area contributed by atoms with Crippen molar-refractivity contribution in [3.63, 3.8) is 0 Å². The SMILES string of the molecule is COCCn1c(=NC(=O)CS(=O)(=O)CC(=O)N2CCN(c3ccccc3)CC2)sc2cc(OC)ccc21. The maximum Gasteiger partial charge on any atom is 0.263 e. The van der Waals surface area contributed by atoms with Crippen molar-refractivity contribution in [3.8, 4) is 5.75 Å². The molecule has 2 aromatic carbocycles. The largest absolute Gasteiger partial charge is 0.497 e. The van der Waals surface area contributed by atoms with E-state index in [-0.39, 0.29) is 0 Å². The molecule has 0 unspecified atom stereocenters. The molecule has 0 atom stereocenters. The number of aromatic nitrogens is 1. The predicted molar refractivity (Wildman–Crippen MR) is 143 cm³/mol. The standard InChI is InChI=1S/C25H30N4O6S2/c1-34-15-14-29-21-9-8-20(35-2)16-22(21)36-25(29)26-23(30)17-37(32,33)18-24(31)28-12-10-27(11-13-28)19-6-4-3-5-7-19/h3-9,16H,10-15,17-18H2,1-2H3. The van der Waals surface area contributed by atoms with Crippen LogP contribution in [0.2, 0.25) is 0 Å². The second-order valence-corrected chi connectivity index (χ2v) is 11.7. The van der Waals surface area contributed by atoms with E-state index >= 15 is 0 Å². The number of para-hydroxylation sites is 1. The number of fused-ring (bicyclic) bond motifs is 1. The second-order valence-electron chi connectivity index (χ2n) is 8.60. The van der Waals surface area contributed by atoms with Gasteiger partial charge in [0.2, 0.25) is 5.91 Å². The number of carbonyl (C=O) groups is 2. The highest BCUT2D eigenvalue weighted by Gasteiger charge is 2.27. The summed E-state index contributed by atoms with van der Waals surface area (Å²) in [4.78, 5) is 33.5. The van der Waals surface area contributed by atoms with E-state index in [2.05, 4.69) is 9.89 Å². The summed E-state index contributed by atoms with van der Waals surface area (Å²) in [5, 5.41) is 0. The summed E-state index contributed by atoms with van der Waals surface area (Å²) in [5.74, 6) is -2.19. The van der Waals surface area contributed by atoms with Crippen LogP contribution in [0.5, 0.6) is 5.75 Å². The van der Waals surface area contributed by atoms with Crippen molar-refractivity contribution in [2.45, 2.75) is 6.54 Å². The molecule has 10 nitrogen and oxygen atoms in total. The molecule has 2 amide bonds. The zero-order valence-corrected chi connectivity index (χ0v) is 22.5. The topological polar surface area (TPSA) is 111 Å². The van der Waals surface area contributed by atoms with Crippen LogP contribution in [0.25, 0.3) is 10.2 Å². The van der Waals surface area contributed by atoms with E-state index < -0.39 is 33.2 Å². The Kier molecular flexibility index (Phi) is 8.62. The molecule has 12 heteroatoms. The van der Waals surface area contributed by atoms with Crippen LogP contribution in [-0.2, 0) is 30.7 Å². The zero-order chi connectivity index (χ0) is 26.4. The lowest BCUT2D eigenvalue weighted by Crippen LogP contribution is -2.50. The molecule has 1 aliphatic rings. The van der Waals surface area contributed by atoms with E-state index in [0.29, 0.717) is 49.9 Å². The normalized spacial score (nSPS) is 14.8. The summed E-state index contributed by atoms with van der Waals surface area (Å²) in [6.45, 7) is 2.90. The fourth-order valence-corrected chi connectivity index (χ4v) is 6.38. The first-order valence-corrected chi connectivity index (χ1v) is 14.5. The minimum Gasteiger partial charge on any atom is -0.497 e. The summed E-state index contributed by atoms with van der Waals surface area (Å²) in [6.07, 6.45) is 0. The van der Waals surface area contributed by atoms with Crippen LogP contribution in [0.1, 0.15) is 0 Å². The smallest absolute Gasteiger partial charge is 0.263 e. The fourth-order valence-electron chi connectivity index (χ4n) is 4.17. The maximum atomic E-state index is 12.7. The summed E-state index contributed by atoms with van der Waals surface area (Å²) < 4.78 is 38.5. The van der Waals surface area contributed by atoms with Gasteiger partial charge in [-0.15, -0.1) is 0 Å². The van der Waals surface area contributed by atoms with Crippen molar-refractivity contribution in [2.24, 2.45) is 4.99 Å². The molecule has 0 radical (unpaired) electrons. The molecule has 0 bridgehead atoms. The Labute approximate surface area is 219 Å². The van der Waals surface area contributed by atoms with E-state index in [4.69, 9.17) is 9.47 Å². The van der Waals surface area contributed by atoms with Crippen molar-refractivity contribution >= 4 is 48.9 Å². The number of thiazole rings is 1. The van der Waals surface area contributed by atoms with Crippen LogP contribution in [0, 0.1) is 0 Å². The summed E-state index contributed by atoms with van der Waals surface area (Å²) >= 11 is 1.26. The Bertz CT molecular complexity index is 1420. The van der Waals surface area contributed by atoms with Gasteiger partial charge in [0.15, 0.2) is 14.6 Å². The van der Waals surface area contributed by atoms with Crippen molar-refractivity contribution < 1.29 is 27.5 Å². The molecule has 1 saturated heterocycles. The molecule has 198 valence electrons. The number of hydrogen-bond donors (Lipinski definition) is 0. The van der Waals surface area contributed by atoms with Gasteiger partial charge in [-0.25, -0.2) is 8.42 Å². The number of carbonyl (C=O) groups excluding carboxylic acids is 2. The van der Waals surface area contributed by atoms with Crippen LogP contribution < -0.4 is 14.4 Å². The first-order valence-electron chi connectivity index (χ1n) is 11.8. The van der Waals surface area contributed by atoms with Gasteiger partial charge in [-0.3, -0.25) is 9.59 Å². The number of piperazine rings is 1. The highest BCUT2D eigenvalue weighted by atomic mass is 32.2. The average Bonchev–Trinajstić information content (AvgIpc) is 3.22. The number of ether oxygens (including phenoxy) is 2. The quantitative estimate of drug-likeness (QED) is 0.400. The molecular weight excluding hydrogens is 516 g/mol. The monoisotopic (exact) mass is 546 g/mol. The van der Waals surface area contributed by atoms with Crippen molar-refractivity contribution in [3.05, 3.63) is 53.3 Å². The lowest BCUT2D eigenvalue weighted by Gasteiger charge is -2.36. The highest BCUT2D eigenvalue weighted by Crippen LogP contribution is 2.23. The Hall–Kier alpha value is -3.22. The van der Waals surface area contributed by atoms with Gasteiger partial charge in [0.05, 0.1) is 23.9 Å². The number of methoxy groups -OCH3 is 2. The third-order valence-electron chi connectivity index (χ3n) is 6.07. The van der Waals surface area contributed by atoms with Gasteiger partial charge in [-0.05, 0) is 30.3 Å². The van der Waals surface area contributed by atoms with E-state index in [9.17, 15) is 18.0 Å². The van der Waals surface area contributed by atoms with Crippen molar-refractivity contribution in [1.82, 2.24) is 9.47 Å². The van der Waals surface area contributed by atoms with Crippen LogP contribution >= 0.6 is 11.3 Å². The van der Waals surface area contributed by atoms with Crippen LogP contribution in [0.4, 0.5) is 5.69 Å². The minimum absolute atomic E-state index is 0.365. The van der Waals surface area contributed by atoms with Gasteiger partial charge in [-0.1, -0.05) is 29.5 Å². The summed E-state index contributed by atoms with van der Waals surface area (Å²) in [5.41, 5.74) is 1.90. The molecule has 1 fully saturated rings. The van der Waals surface area contributed by atoms with E-state index in [1.54, 1.807) is 20.3 Å². The van der Waals surface area contributed by atoms with E-state index in [1.165, 1.54) is 16.2 Å². The third kappa shape index (κ3) is 6.76. The Morgan fingerprint density at radius 3 is 2.41 bits per heavy atom. The van der Waals surface area contributed by atoms with Gasteiger partial charge in [-0.2, -0.15) is 4.99 Å². The number of benzene rings is 2. The molecule has 1 aliphatic heterocycles. The van der Waals surface area contributed by atoms with Crippen LogP contribution in [0.3, 0.4) is 0 Å². The number of nitrogens with zero attached hydrogens (tertiary/aromatic N) is 4. The average molecular weight is 547 g/mol. The number of hydrogen-bond acceptors (Lipinski definition) is 8. The molecule has 0 saturated carbocycles.